The molecule has 0 aliphatic rings. The van der Waals surface area contributed by atoms with Crippen LogP contribution in [-0.2, 0) is 6.54 Å². The Morgan fingerprint density at radius 2 is 1.92 bits per heavy atom. The van der Waals surface area contributed by atoms with Crippen molar-refractivity contribution < 1.29 is 4.79 Å². The third-order valence-electron chi connectivity index (χ3n) is 4.27. The molecular weight excluding hydrogens is 378 g/mol. The van der Waals surface area contributed by atoms with Gasteiger partial charge in [-0.3, -0.25) is 9.20 Å². The minimum atomic E-state index is 0.00125. The molecule has 0 atom stereocenters. The number of halogens is 1. The molecule has 0 fully saturated rings. The molecule has 4 nitrogen and oxygen atoms in total. The Labute approximate surface area is 156 Å². The minimum Gasteiger partial charge on any atom is -0.331 e. The Bertz CT molecular complexity index is 916. The molecule has 0 saturated carbocycles. The molecule has 3 aromatic rings. The van der Waals surface area contributed by atoms with Crippen LogP contribution in [-0.4, -0.2) is 26.2 Å². The predicted molar refractivity (Wildman–Crippen MR) is 104 cm³/mol. The number of aromatic nitrogens is 2. The molecule has 0 bridgehead atoms. The van der Waals surface area contributed by atoms with Gasteiger partial charge in [0.2, 0.25) is 0 Å². The quantitative estimate of drug-likeness (QED) is 0.633. The molecule has 2 aromatic heterocycles. The Balaban J connectivity index is 2.06. The van der Waals surface area contributed by atoms with Crippen molar-refractivity contribution in [2.24, 2.45) is 0 Å². The predicted octanol–water partition coefficient (Wildman–Crippen LogP) is 4.76. The van der Waals surface area contributed by atoms with Gasteiger partial charge in [-0.15, -0.1) is 0 Å². The topological polar surface area (TPSA) is 37.6 Å². The van der Waals surface area contributed by atoms with E-state index < -0.39 is 0 Å². The van der Waals surface area contributed by atoms with Crippen molar-refractivity contribution in [3.8, 4) is 0 Å². The molecule has 0 spiro atoms. The van der Waals surface area contributed by atoms with Crippen molar-refractivity contribution in [2.75, 3.05) is 0 Å². The molecule has 0 saturated heterocycles. The van der Waals surface area contributed by atoms with Gasteiger partial charge in [-0.2, -0.15) is 0 Å². The molecule has 0 aliphatic heterocycles. The van der Waals surface area contributed by atoms with Gasteiger partial charge in [-0.05, 0) is 60.8 Å². The number of nitrogens with zero attached hydrogens (tertiary/aromatic N) is 3. The molecule has 1 amide bonds. The van der Waals surface area contributed by atoms with Crippen molar-refractivity contribution in [1.29, 1.82) is 0 Å². The van der Waals surface area contributed by atoms with Crippen molar-refractivity contribution >= 4 is 27.5 Å². The van der Waals surface area contributed by atoms with E-state index in [1.807, 2.05) is 79.6 Å². The standard InChI is InChI=1S/C20H22BrN3O/c1-13(2)23(12-16-8-6-5-7-9-16)20(25)18-15(4)22-19-17(21)10-14(3)11-24(18)19/h5-11,13H,12H2,1-4H3. The van der Waals surface area contributed by atoms with E-state index in [-0.39, 0.29) is 11.9 Å². The van der Waals surface area contributed by atoms with Crippen molar-refractivity contribution in [3.05, 3.63) is 69.6 Å². The fraction of sp³-hybridized carbons (Fsp3) is 0.300. The van der Waals surface area contributed by atoms with Crippen LogP contribution in [0.2, 0.25) is 0 Å². The Morgan fingerprint density at radius 3 is 2.56 bits per heavy atom. The summed E-state index contributed by atoms with van der Waals surface area (Å²) in [7, 11) is 0. The normalized spacial score (nSPS) is 11.3. The monoisotopic (exact) mass is 399 g/mol. The minimum absolute atomic E-state index is 0.00125. The van der Waals surface area contributed by atoms with Crippen LogP contribution in [0.25, 0.3) is 5.65 Å². The first kappa shape index (κ1) is 17.7. The smallest absolute Gasteiger partial charge is 0.273 e. The summed E-state index contributed by atoms with van der Waals surface area (Å²) in [6.07, 6.45) is 1.97. The summed E-state index contributed by atoms with van der Waals surface area (Å²) in [4.78, 5) is 19.8. The van der Waals surface area contributed by atoms with E-state index in [1.165, 1.54) is 0 Å². The summed E-state index contributed by atoms with van der Waals surface area (Å²) in [6.45, 7) is 8.57. The summed E-state index contributed by atoms with van der Waals surface area (Å²) in [6, 6.07) is 12.2. The van der Waals surface area contributed by atoms with Gasteiger partial charge < -0.3 is 4.90 Å². The van der Waals surface area contributed by atoms with Crippen molar-refractivity contribution in [2.45, 2.75) is 40.3 Å². The van der Waals surface area contributed by atoms with E-state index >= 15 is 0 Å². The van der Waals surface area contributed by atoms with Crippen LogP contribution >= 0.6 is 15.9 Å². The van der Waals surface area contributed by atoms with Crippen LogP contribution in [0.3, 0.4) is 0 Å². The average Bonchev–Trinajstić information content (AvgIpc) is 2.89. The maximum atomic E-state index is 13.4. The average molecular weight is 400 g/mol. The van der Waals surface area contributed by atoms with E-state index in [9.17, 15) is 4.79 Å². The molecule has 1 aromatic carbocycles. The highest BCUT2D eigenvalue weighted by atomic mass is 79.9. The highest BCUT2D eigenvalue weighted by Crippen LogP contribution is 2.24. The number of pyridine rings is 1. The second-order valence-electron chi connectivity index (χ2n) is 6.62. The van der Waals surface area contributed by atoms with Gasteiger partial charge in [0, 0.05) is 18.8 Å². The first-order valence-corrected chi connectivity index (χ1v) is 9.17. The van der Waals surface area contributed by atoms with E-state index in [2.05, 4.69) is 20.9 Å². The number of imidazole rings is 1. The molecule has 5 heteroatoms. The fourth-order valence-corrected chi connectivity index (χ4v) is 3.65. The maximum absolute atomic E-state index is 13.4. The molecule has 0 N–H and O–H groups in total. The lowest BCUT2D eigenvalue weighted by atomic mass is 10.1. The van der Waals surface area contributed by atoms with Gasteiger partial charge in [-0.25, -0.2) is 4.98 Å². The van der Waals surface area contributed by atoms with Gasteiger partial charge in [0.1, 0.15) is 5.69 Å². The zero-order valence-electron chi connectivity index (χ0n) is 15.0. The molecule has 2 heterocycles. The van der Waals surface area contributed by atoms with Crippen molar-refractivity contribution in [3.63, 3.8) is 0 Å². The number of hydrogen-bond donors (Lipinski definition) is 0. The van der Waals surface area contributed by atoms with E-state index in [0.29, 0.717) is 12.2 Å². The summed E-state index contributed by atoms with van der Waals surface area (Å²) in [5.41, 5.74) is 4.34. The highest BCUT2D eigenvalue weighted by Gasteiger charge is 2.25. The number of rotatable bonds is 4. The van der Waals surface area contributed by atoms with Crippen molar-refractivity contribution in [1.82, 2.24) is 14.3 Å². The number of benzene rings is 1. The fourth-order valence-electron chi connectivity index (χ4n) is 3.01. The van der Waals surface area contributed by atoms with Crippen LogP contribution < -0.4 is 0 Å². The third-order valence-corrected chi connectivity index (χ3v) is 4.85. The Kier molecular flexibility index (Phi) is 4.95. The zero-order chi connectivity index (χ0) is 18.1. The summed E-state index contributed by atoms with van der Waals surface area (Å²) >= 11 is 3.56. The van der Waals surface area contributed by atoms with Crippen LogP contribution in [0.1, 0.15) is 41.2 Å². The number of aryl methyl sites for hydroxylation is 2. The lowest BCUT2D eigenvalue weighted by molar-refractivity contribution is 0.0682. The van der Waals surface area contributed by atoms with Gasteiger partial charge in [0.05, 0.1) is 10.2 Å². The molecule has 0 aliphatic carbocycles. The summed E-state index contributed by atoms with van der Waals surface area (Å²) in [5.74, 6) is 0.00125. The SMILES string of the molecule is Cc1cc(Br)c2nc(C)c(C(=O)N(Cc3ccccc3)C(C)C)n2c1. The number of carbonyl (C=O) groups excluding carboxylic acids is 1. The van der Waals surface area contributed by atoms with Gasteiger partial charge >= 0.3 is 0 Å². The molecule has 130 valence electrons. The number of carbonyl (C=O) groups is 1. The van der Waals surface area contributed by atoms with Crippen LogP contribution in [0.5, 0.6) is 0 Å². The molecule has 0 radical (unpaired) electrons. The van der Waals surface area contributed by atoms with Gasteiger partial charge in [-0.1, -0.05) is 30.3 Å². The van der Waals surface area contributed by atoms with Crippen LogP contribution in [0.4, 0.5) is 0 Å². The number of fused-ring (bicyclic) bond motifs is 1. The van der Waals surface area contributed by atoms with E-state index in [1.54, 1.807) is 0 Å². The first-order chi connectivity index (χ1) is 11.9. The van der Waals surface area contributed by atoms with E-state index in [4.69, 9.17) is 0 Å². The largest absolute Gasteiger partial charge is 0.331 e. The molecule has 0 unspecified atom stereocenters. The summed E-state index contributed by atoms with van der Waals surface area (Å²) < 4.78 is 2.80. The molecule has 3 rings (SSSR count). The number of hydrogen-bond acceptors (Lipinski definition) is 2. The Hall–Kier alpha value is -2.14. The van der Waals surface area contributed by atoms with Crippen LogP contribution in [0.15, 0.2) is 47.1 Å². The molecular formula is C20H22BrN3O. The molecule has 25 heavy (non-hydrogen) atoms. The number of amides is 1. The maximum Gasteiger partial charge on any atom is 0.273 e. The van der Waals surface area contributed by atoms with Gasteiger partial charge in [0.15, 0.2) is 5.65 Å². The second kappa shape index (κ2) is 7.00. The second-order valence-corrected chi connectivity index (χ2v) is 7.47. The Morgan fingerprint density at radius 1 is 1.24 bits per heavy atom. The lowest BCUT2D eigenvalue weighted by Crippen LogP contribution is -2.37. The lowest BCUT2D eigenvalue weighted by Gasteiger charge is -2.27. The highest BCUT2D eigenvalue weighted by molar-refractivity contribution is 9.10. The summed E-state index contributed by atoms with van der Waals surface area (Å²) in [5, 5.41) is 0. The van der Waals surface area contributed by atoms with Crippen LogP contribution in [0, 0.1) is 13.8 Å². The zero-order valence-corrected chi connectivity index (χ0v) is 16.5. The van der Waals surface area contributed by atoms with E-state index in [0.717, 1.165) is 26.9 Å². The third kappa shape index (κ3) is 3.47. The first-order valence-electron chi connectivity index (χ1n) is 8.38. The van der Waals surface area contributed by atoms with Gasteiger partial charge in [0.25, 0.3) is 5.91 Å².